The highest BCUT2D eigenvalue weighted by Crippen LogP contribution is 2.38. The van der Waals surface area contributed by atoms with Crippen molar-refractivity contribution in [3.05, 3.63) is 35.5 Å². The molecular formula is C21H26O6. The molecule has 3 rings (SSSR count). The van der Waals surface area contributed by atoms with Gasteiger partial charge in [-0.2, -0.15) is 0 Å². The van der Waals surface area contributed by atoms with Crippen molar-refractivity contribution < 1.29 is 28.6 Å². The molecule has 1 saturated heterocycles. The number of ether oxygens (including phenoxy) is 3. The SMILES string of the molecule is C=C1C(=O)O[C@H]2CC3=C[C@@H](C/C(C)=C/[C@@H](OC(=O)C(CC)CC)[C@H]12)OC3=O. The number of rotatable bonds is 4. The molecule has 1 fully saturated rings. The summed E-state index contributed by atoms with van der Waals surface area (Å²) in [6.07, 6.45) is 4.16. The van der Waals surface area contributed by atoms with Gasteiger partial charge in [0, 0.05) is 24.0 Å². The maximum absolute atomic E-state index is 12.6. The molecule has 0 radical (unpaired) electrons. The smallest absolute Gasteiger partial charge is 0.334 e. The van der Waals surface area contributed by atoms with Gasteiger partial charge in [0.25, 0.3) is 0 Å². The Kier molecular flexibility index (Phi) is 5.53. The Morgan fingerprint density at radius 3 is 2.56 bits per heavy atom. The second kappa shape index (κ2) is 7.71. The van der Waals surface area contributed by atoms with Crippen molar-refractivity contribution in [1.29, 1.82) is 0 Å². The lowest BCUT2D eigenvalue weighted by molar-refractivity contribution is -0.155. The Labute approximate surface area is 159 Å². The number of carbonyl (C=O) groups is 3. The topological polar surface area (TPSA) is 78.9 Å². The van der Waals surface area contributed by atoms with E-state index in [4.69, 9.17) is 14.2 Å². The van der Waals surface area contributed by atoms with Crippen molar-refractivity contribution in [3.63, 3.8) is 0 Å². The number of hydrogen-bond acceptors (Lipinski definition) is 6. The van der Waals surface area contributed by atoms with Gasteiger partial charge in [0.05, 0.1) is 11.8 Å². The normalized spacial score (nSPS) is 32.2. The zero-order chi connectivity index (χ0) is 19.7. The monoisotopic (exact) mass is 374 g/mol. The van der Waals surface area contributed by atoms with E-state index >= 15 is 0 Å². The summed E-state index contributed by atoms with van der Waals surface area (Å²) in [5.74, 6) is -1.89. The van der Waals surface area contributed by atoms with E-state index in [1.807, 2.05) is 26.8 Å². The molecule has 2 bridgehead atoms. The van der Waals surface area contributed by atoms with Gasteiger partial charge in [-0.1, -0.05) is 26.0 Å². The van der Waals surface area contributed by atoms with Crippen LogP contribution in [0.2, 0.25) is 0 Å². The molecule has 0 saturated carbocycles. The molecule has 0 aromatic rings. The van der Waals surface area contributed by atoms with Crippen molar-refractivity contribution in [1.82, 2.24) is 0 Å². The van der Waals surface area contributed by atoms with Gasteiger partial charge < -0.3 is 14.2 Å². The van der Waals surface area contributed by atoms with Crippen molar-refractivity contribution in [2.75, 3.05) is 0 Å². The second-order valence-electron chi connectivity index (χ2n) is 7.47. The molecule has 146 valence electrons. The van der Waals surface area contributed by atoms with Crippen LogP contribution < -0.4 is 0 Å². The van der Waals surface area contributed by atoms with Crippen molar-refractivity contribution in [2.45, 2.75) is 64.8 Å². The molecule has 0 amide bonds. The third-order valence-corrected chi connectivity index (χ3v) is 5.55. The minimum absolute atomic E-state index is 0.192. The van der Waals surface area contributed by atoms with Crippen LogP contribution in [0.5, 0.6) is 0 Å². The Morgan fingerprint density at radius 1 is 1.19 bits per heavy atom. The fourth-order valence-corrected chi connectivity index (χ4v) is 3.96. The summed E-state index contributed by atoms with van der Waals surface area (Å²) >= 11 is 0. The minimum Gasteiger partial charge on any atom is -0.458 e. The molecule has 3 aliphatic rings. The first kappa shape index (κ1) is 19.4. The fraction of sp³-hybridized carbons (Fsp3) is 0.571. The highest BCUT2D eigenvalue weighted by atomic mass is 16.6. The lowest BCUT2D eigenvalue weighted by Crippen LogP contribution is -2.34. The van der Waals surface area contributed by atoms with Gasteiger partial charge in [0.2, 0.25) is 0 Å². The average Bonchev–Trinajstić information content (AvgIpc) is 3.07. The Balaban J connectivity index is 1.95. The second-order valence-corrected chi connectivity index (χ2v) is 7.47. The lowest BCUT2D eigenvalue weighted by atomic mass is 9.85. The van der Waals surface area contributed by atoms with Crippen LogP contribution in [0.4, 0.5) is 0 Å². The van der Waals surface area contributed by atoms with Gasteiger partial charge >= 0.3 is 17.9 Å². The van der Waals surface area contributed by atoms with Gasteiger partial charge in [-0.3, -0.25) is 4.79 Å². The Morgan fingerprint density at radius 2 is 1.89 bits per heavy atom. The zero-order valence-corrected chi connectivity index (χ0v) is 16.0. The van der Waals surface area contributed by atoms with E-state index in [1.54, 1.807) is 6.08 Å². The molecule has 6 nitrogen and oxygen atoms in total. The minimum atomic E-state index is -0.657. The molecule has 0 aromatic carbocycles. The van der Waals surface area contributed by atoms with Crippen LogP contribution in [0.25, 0.3) is 0 Å². The predicted molar refractivity (Wildman–Crippen MR) is 97.4 cm³/mol. The van der Waals surface area contributed by atoms with E-state index in [0.29, 0.717) is 24.8 Å². The molecule has 0 unspecified atom stereocenters. The first-order valence-corrected chi connectivity index (χ1v) is 9.53. The Hall–Kier alpha value is -2.37. The summed E-state index contributed by atoms with van der Waals surface area (Å²) in [5, 5.41) is 0. The van der Waals surface area contributed by atoms with E-state index in [2.05, 4.69) is 6.58 Å². The van der Waals surface area contributed by atoms with Crippen LogP contribution in [0.1, 0.15) is 46.5 Å². The molecule has 1 aliphatic carbocycles. The van der Waals surface area contributed by atoms with Crippen LogP contribution in [0.15, 0.2) is 35.5 Å². The summed E-state index contributed by atoms with van der Waals surface area (Å²) in [6.45, 7) is 9.65. The van der Waals surface area contributed by atoms with Gasteiger partial charge in [-0.15, -0.1) is 0 Å². The number of carbonyl (C=O) groups excluding carboxylic acids is 3. The summed E-state index contributed by atoms with van der Waals surface area (Å²) < 4.78 is 16.7. The number of fused-ring (bicyclic) bond motifs is 2. The lowest BCUT2D eigenvalue weighted by Gasteiger charge is -2.27. The maximum Gasteiger partial charge on any atom is 0.334 e. The summed E-state index contributed by atoms with van der Waals surface area (Å²) in [5.41, 5.74) is 1.69. The van der Waals surface area contributed by atoms with Crippen molar-refractivity contribution >= 4 is 17.9 Å². The van der Waals surface area contributed by atoms with E-state index < -0.39 is 24.1 Å². The molecule has 0 spiro atoms. The molecule has 0 N–H and O–H groups in total. The molecule has 4 atom stereocenters. The van der Waals surface area contributed by atoms with Gasteiger partial charge in [-0.25, -0.2) is 9.59 Å². The summed E-state index contributed by atoms with van der Waals surface area (Å²) in [7, 11) is 0. The zero-order valence-electron chi connectivity index (χ0n) is 16.0. The standard InChI is InChI=1S/C21H26O6/c1-5-13(6-2)20(23)27-16-8-11(3)7-15-9-14(21(24)25-15)10-17-18(16)12(4)19(22)26-17/h8-9,13,15-18H,4-7,10H2,1-3H3/b11-8+/t15-,16-,17+,18+/m1/s1. The molecular weight excluding hydrogens is 348 g/mol. The van der Waals surface area contributed by atoms with E-state index in [0.717, 1.165) is 5.57 Å². The quantitative estimate of drug-likeness (QED) is 0.326. The summed E-state index contributed by atoms with van der Waals surface area (Å²) in [4.78, 5) is 36.9. The van der Waals surface area contributed by atoms with Crippen LogP contribution in [-0.4, -0.2) is 36.2 Å². The van der Waals surface area contributed by atoms with E-state index in [9.17, 15) is 14.4 Å². The van der Waals surface area contributed by atoms with Gasteiger partial charge in [0.15, 0.2) is 0 Å². The van der Waals surface area contributed by atoms with Crippen molar-refractivity contribution in [3.8, 4) is 0 Å². The van der Waals surface area contributed by atoms with Gasteiger partial charge in [0.1, 0.15) is 18.3 Å². The maximum atomic E-state index is 12.6. The molecule has 6 heteroatoms. The van der Waals surface area contributed by atoms with Crippen LogP contribution >= 0.6 is 0 Å². The van der Waals surface area contributed by atoms with E-state index in [1.165, 1.54) is 0 Å². The first-order chi connectivity index (χ1) is 12.8. The van der Waals surface area contributed by atoms with E-state index in [-0.39, 0.29) is 36.0 Å². The summed E-state index contributed by atoms with van der Waals surface area (Å²) in [6, 6.07) is 0. The predicted octanol–water partition coefficient (Wildman–Crippen LogP) is 3.02. The first-order valence-electron chi connectivity index (χ1n) is 9.53. The van der Waals surface area contributed by atoms with Crippen LogP contribution in [0, 0.1) is 11.8 Å². The Bertz CT molecular complexity index is 727. The molecule has 2 heterocycles. The number of esters is 3. The highest BCUT2D eigenvalue weighted by Gasteiger charge is 2.46. The third-order valence-electron chi connectivity index (χ3n) is 5.55. The van der Waals surface area contributed by atoms with Crippen molar-refractivity contribution in [2.24, 2.45) is 11.8 Å². The molecule has 0 aromatic heterocycles. The fourth-order valence-electron chi connectivity index (χ4n) is 3.96. The largest absolute Gasteiger partial charge is 0.458 e. The van der Waals surface area contributed by atoms with Gasteiger partial charge in [-0.05, 0) is 31.9 Å². The van der Waals surface area contributed by atoms with Crippen LogP contribution in [-0.2, 0) is 28.6 Å². The molecule has 27 heavy (non-hydrogen) atoms. The highest BCUT2D eigenvalue weighted by molar-refractivity contribution is 5.93. The third kappa shape index (κ3) is 3.84. The van der Waals surface area contributed by atoms with Crippen LogP contribution in [0.3, 0.4) is 0 Å². The molecule has 2 aliphatic heterocycles. The number of hydrogen-bond donors (Lipinski definition) is 0. The average molecular weight is 374 g/mol.